The van der Waals surface area contributed by atoms with E-state index in [9.17, 15) is 13.2 Å². The van der Waals surface area contributed by atoms with Crippen molar-refractivity contribution in [3.8, 4) is 0 Å². The first-order chi connectivity index (χ1) is 10.9. The molecule has 0 bridgehead atoms. The number of ether oxygens (including phenoxy) is 1. The van der Waals surface area contributed by atoms with Crippen molar-refractivity contribution in [3.05, 3.63) is 17.8 Å². The van der Waals surface area contributed by atoms with Gasteiger partial charge in [0.25, 0.3) is 0 Å². The maximum Gasteiger partial charge on any atom is 0.341 e. The molecule has 1 aliphatic heterocycles. The molecule has 0 radical (unpaired) electrons. The second kappa shape index (κ2) is 7.27. The Bertz CT molecular complexity index is 667. The van der Waals surface area contributed by atoms with E-state index in [0.717, 1.165) is 45.4 Å². The van der Waals surface area contributed by atoms with Crippen LogP contribution in [0.2, 0.25) is 0 Å². The molecule has 1 aromatic heterocycles. The van der Waals surface area contributed by atoms with E-state index in [4.69, 9.17) is 4.74 Å². The molecule has 0 aliphatic carbocycles. The Morgan fingerprint density at radius 1 is 1.30 bits per heavy atom. The minimum Gasteiger partial charge on any atom is -0.465 e. The summed E-state index contributed by atoms with van der Waals surface area (Å²) in [6.45, 7) is 6.48. The van der Waals surface area contributed by atoms with Crippen LogP contribution in [-0.4, -0.2) is 70.4 Å². The van der Waals surface area contributed by atoms with Gasteiger partial charge >= 0.3 is 5.97 Å². The molecule has 0 aromatic carbocycles. The van der Waals surface area contributed by atoms with Crippen molar-refractivity contribution in [1.29, 1.82) is 0 Å². The van der Waals surface area contributed by atoms with Gasteiger partial charge in [-0.15, -0.1) is 0 Å². The van der Waals surface area contributed by atoms with Gasteiger partial charge in [-0.1, -0.05) is 6.92 Å². The van der Waals surface area contributed by atoms with Crippen molar-refractivity contribution in [2.75, 3.05) is 51.0 Å². The molecule has 8 heteroatoms. The highest BCUT2D eigenvalue weighted by Crippen LogP contribution is 2.23. The molecule has 0 atom stereocenters. The molecule has 0 saturated carbocycles. The van der Waals surface area contributed by atoms with E-state index < -0.39 is 15.8 Å². The van der Waals surface area contributed by atoms with E-state index in [0.29, 0.717) is 5.82 Å². The van der Waals surface area contributed by atoms with Gasteiger partial charge in [-0.05, 0) is 19.0 Å². The van der Waals surface area contributed by atoms with Crippen LogP contribution >= 0.6 is 0 Å². The number of pyridine rings is 1. The van der Waals surface area contributed by atoms with Gasteiger partial charge in [0.05, 0.1) is 12.0 Å². The number of sulfone groups is 1. The summed E-state index contributed by atoms with van der Waals surface area (Å²) >= 11 is 0. The summed E-state index contributed by atoms with van der Waals surface area (Å²) in [6.07, 6.45) is 3.50. The summed E-state index contributed by atoms with van der Waals surface area (Å²) < 4.78 is 28.2. The summed E-state index contributed by atoms with van der Waals surface area (Å²) in [7, 11) is -2.15. The lowest BCUT2D eigenvalue weighted by Crippen LogP contribution is -2.47. The van der Waals surface area contributed by atoms with Gasteiger partial charge in [0.1, 0.15) is 11.4 Å². The summed E-state index contributed by atoms with van der Waals surface area (Å²) in [4.78, 5) is 20.6. The van der Waals surface area contributed by atoms with Crippen molar-refractivity contribution in [3.63, 3.8) is 0 Å². The van der Waals surface area contributed by atoms with Crippen molar-refractivity contribution in [2.24, 2.45) is 0 Å². The number of hydrogen-bond donors (Lipinski definition) is 0. The van der Waals surface area contributed by atoms with Gasteiger partial charge in [0, 0.05) is 38.6 Å². The van der Waals surface area contributed by atoms with Crippen LogP contribution in [0.4, 0.5) is 5.82 Å². The van der Waals surface area contributed by atoms with E-state index >= 15 is 0 Å². The van der Waals surface area contributed by atoms with Gasteiger partial charge in [0.2, 0.25) is 0 Å². The number of anilines is 1. The quantitative estimate of drug-likeness (QED) is 0.733. The van der Waals surface area contributed by atoms with Gasteiger partial charge in [0.15, 0.2) is 9.84 Å². The topological polar surface area (TPSA) is 79.8 Å². The number of methoxy groups -OCH3 is 1. The molecule has 0 unspecified atom stereocenters. The molecule has 0 spiro atoms. The SMILES string of the molecule is CCCN1CCN(c2ncc(S(C)(=O)=O)cc2C(=O)OC)CC1. The number of nitrogens with zero attached hydrogens (tertiary/aromatic N) is 3. The Morgan fingerprint density at radius 3 is 2.48 bits per heavy atom. The smallest absolute Gasteiger partial charge is 0.341 e. The van der Waals surface area contributed by atoms with Crippen LogP contribution in [0.15, 0.2) is 17.2 Å². The standard InChI is InChI=1S/C15H23N3O4S/c1-4-5-17-6-8-18(9-7-17)14-13(15(19)22-2)10-12(11-16-14)23(3,20)21/h10-11H,4-9H2,1-3H3. The number of carbonyl (C=O) groups excluding carboxylic acids is 1. The third-order valence-corrected chi connectivity index (χ3v) is 4.97. The third kappa shape index (κ3) is 4.20. The highest BCUT2D eigenvalue weighted by molar-refractivity contribution is 7.90. The van der Waals surface area contributed by atoms with E-state index in [1.165, 1.54) is 19.4 Å². The Labute approximate surface area is 137 Å². The molecule has 2 heterocycles. The Kier molecular flexibility index (Phi) is 5.59. The van der Waals surface area contributed by atoms with Crippen LogP contribution in [0.25, 0.3) is 0 Å². The first-order valence-corrected chi connectivity index (χ1v) is 9.51. The Morgan fingerprint density at radius 2 is 1.96 bits per heavy atom. The maximum atomic E-state index is 12.0. The molecule has 1 aliphatic rings. The summed E-state index contributed by atoms with van der Waals surface area (Å²) in [5.41, 5.74) is 0.194. The fraction of sp³-hybridized carbons (Fsp3) is 0.600. The molecule has 0 amide bonds. The molecular weight excluding hydrogens is 318 g/mol. The molecule has 2 rings (SSSR count). The minimum atomic E-state index is -3.43. The van der Waals surface area contributed by atoms with Crippen LogP contribution in [0, 0.1) is 0 Å². The van der Waals surface area contributed by atoms with Gasteiger partial charge in [-0.3, -0.25) is 4.90 Å². The van der Waals surface area contributed by atoms with Crippen LogP contribution in [0.3, 0.4) is 0 Å². The highest BCUT2D eigenvalue weighted by atomic mass is 32.2. The average Bonchev–Trinajstić information content (AvgIpc) is 2.54. The van der Waals surface area contributed by atoms with Crippen molar-refractivity contribution < 1.29 is 17.9 Å². The fourth-order valence-electron chi connectivity index (χ4n) is 2.65. The van der Waals surface area contributed by atoms with Crippen molar-refractivity contribution in [1.82, 2.24) is 9.88 Å². The Balaban J connectivity index is 2.30. The fourth-order valence-corrected chi connectivity index (χ4v) is 3.23. The predicted molar refractivity (Wildman–Crippen MR) is 87.6 cm³/mol. The van der Waals surface area contributed by atoms with Crippen LogP contribution in [0.1, 0.15) is 23.7 Å². The lowest BCUT2D eigenvalue weighted by atomic mass is 10.2. The lowest BCUT2D eigenvalue weighted by Gasteiger charge is -2.35. The normalized spacial score (nSPS) is 16.4. The third-order valence-electron chi connectivity index (χ3n) is 3.89. The number of esters is 1. The van der Waals surface area contributed by atoms with Crippen LogP contribution in [-0.2, 0) is 14.6 Å². The molecule has 1 fully saturated rings. The number of hydrogen-bond acceptors (Lipinski definition) is 7. The molecule has 1 saturated heterocycles. The molecule has 0 N–H and O–H groups in total. The molecule has 23 heavy (non-hydrogen) atoms. The van der Waals surface area contributed by atoms with E-state index in [1.54, 1.807) is 0 Å². The number of aromatic nitrogens is 1. The van der Waals surface area contributed by atoms with Crippen LogP contribution < -0.4 is 4.90 Å². The van der Waals surface area contributed by atoms with Crippen molar-refractivity contribution in [2.45, 2.75) is 18.2 Å². The second-order valence-electron chi connectivity index (χ2n) is 5.63. The van der Waals surface area contributed by atoms with E-state index in [2.05, 4.69) is 16.8 Å². The number of piperazine rings is 1. The van der Waals surface area contributed by atoms with E-state index in [1.807, 2.05) is 4.90 Å². The first kappa shape index (κ1) is 17.7. The summed E-state index contributed by atoms with van der Waals surface area (Å²) in [6, 6.07) is 1.35. The van der Waals surface area contributed by atoms with Gasteiger partial charge in [-0.2, -0.15) is 0 Å². The highest BCUT2D eigenvalue weighted by Gasteiger charge is 2.24. The van der Waals surface area contributed by atoms with Crippen molar-refractivity contribution >= 4 is 21.6 Å². The monoisotopic (exact) mass is 341 g/mol. The zero-order valence-electron chi connectivity index (χ0n) is 13.8. The lowest BCUT2D eigenvalue weighted by molar-refractivity contribution is 0.0600. The van der Waals surface area contributed by atoms with Crippen LogP contribution in [0.5, 0.6) is 0 Å². The maximum absolute atomic E-state index is 12.0. The average molecular weight is 341 g/mol. The summed E-state index contributed by atoms with van der Waals surface area (Å²) in [5, 5.41) is 0. The van der Waals surface area contributed by atoms with Gasteiger partial charge in [-0.25, -0.2) is 18.2 Å². The Hall–Kier alpha value is -1.67. The first-order valence-electron chi connectivity index (χ1n) is 7.62. The van der Waals surface area contributed by atoms with Gasteiger partial charge < -0.3 is 9.64 Å². The largest absolute Gasteiger partial charge is 0.465 e. The molecular formula is C15H23N3O4S. The number of carbonyl (C=O) groups is 1. The zero-order valence-corrected chi connectivity index (χ0v) is 14.6. The molecule has 1 aromatic rings. The molecule has 128 valence electrons. The minimum absolute atomic E-state index is 0.0197. The molecule has 7 nitrogen and oxygen atoms in total. The van der Waals surface area contributed by atoms with E-state index in [-0.39, 0.29) is 10.5 Å². The summed E-state index contributed by atoms with van der Waals surface area (Å²) in [5.74, 6) is -0.0885. The zero-order chi connectivity index (χ0) is 17.0. The number of rotatable bonds is 5. The second-order valence-corrected chi connectivity index (χ2v) is 7.65. The predicted octanol–water partition coefficient (Wildman–Crippen LogP) is 0.804.